The van der Waals surface area contributed by atoms with E-state index < -0.39 is 31.1 Å². The van der Waals surface area contributed by atoms with E-state index in [9.17, 15) is 10.2 Å². The number of hydrogen-bond acceptors (Lipinski definition) is 8. The lowest BCUT2D eigenvalue weighted by Gasteiger charge is -2.16. The van der Waals surface area contributed by atoms with Crippen LogP contribution in [0.15, 0.2) is 12.7 Å². The van der Waals surface area contributed by atoms with Crippen LogP contribution in [0.3, 0.4) is 0 Å². The van der Waals surface area contributed by atoms with Crippen molar-refractivity contribution in [1.82, 2.24) is 19.5 Å². The third-order valence-corrected chi connectivity index (χ3v) is 3.46. The number of aliphatic hydroxyl groups excluding tert-OH is 3. The highest BCUT2D eigenvalue weighted by Gasteiger charge is 2.44. The standard InChI is InChI=1S/C13H18N4O5/c1-6(2)21-12-8-11(14-4-15-12)17(5-16-8)13-10(20)9(19)7(3-18)22-13/h4-7,9-10,13,18-20H,3H2,1-2H3/t7-,9-,10-,13-/m1/s1. The molecule has 0 amide bonds. The zero-order valence-corrected chi connectivity index (χ0v) is 12.2. The van der Waals surface area contributed by atoms with E-state index in [0.29, 0.717) is 17.0 Å². The summed E-state index contributed by atoms with van der Waals surface area (Å²) >= 11 is 0. The molecule has 120 valence electrons. The van der Waals surface area contributed by atoms with Gasteiger partial charge >= 0.3 is 0 Å². The summed E-state index contributed by atoms with van der Waals surface area (Å²) in [6.07, 6.45) is -1.42. The Bertz CT molecular complexity index is 661. The van der Waals surface area contributed by atoms with E-state index in [1.807, 2.05) is 13.8 Å². The molecule has 0 aliphatic carbocycles. The average Bonchev–Trinajstić information content (AvgIpc) is 3.02. The lowest BCUT2D eigenvalue weighted by atomic mass is 10.1. The summed E-state index contributed by atoms with van der Waals surface area (Å²) in [5.41, 5.74) is 0.856. The maximum Gasteiger partial charge on any atom is 0.245 e. The fraction of sp³-hybridized carbons (Fsp3) is 0.615. The lowest BCUT2D eigenvalue weighted by molar-refractivity contribution is -0.0511. The van der Waals surface area contributed by atoms with Crippen molar-refractivity contribution in [2.75, 3.05) is 6.61 Å². The van der Waals surface area contributed by atoms with Crippen molar-refractivity contribution in [2.45, 2.75) is 44.5 Å². The molecule has 1 aliphatic rings. The fourth-order valence-electron chi connectivity index (χ4n) is 2.44. The van der Waals surface area contributed by atoms with Gasteiger partial charge in [-0.05, 0) is 13.8 Å². The second kappa shape index (κ2) is 5.76. The van der Waals surface area contributed by atoms with Gasteiger partial charge in [-0.2, -0.15) is 4.98 Å². The molecule has 2 aromatic heterocycles. The molecule has 2 aromatic rings. The third kappa shape index (κ3) is 2.41. The molecule has 9 nitrogen and oxygen atoms in total. The molecule has 1 fully saturated rings. The Morgan fingerprint density at radius 2 is 2.05 bits per heavy atom. The molecule has 3 heterocycles. The Morgan fingerprint density at radius 1 is 1.27 bits per heavy atom. The molecular weight excluding hydrogens is 292 g/mol. The molecule has 0 radical (unpaired) electrons. The molecule has 1 aliphatic heterocycles. The van der Waals surface area contributed by atoms with Crippen molar-refractivity contribution in [3.63, 3.8) is 0 Å². The average molecular weight is 310 g/mol. The van der Waals surface area contributed by atoms with E-state index in [1.54, 1.807) is 0 Å². The minimum Gasteiger partial charge on any atom is -0.473 e. The zero-order valence-electron chi connectivity index (χ0n) is 12.2. The summed E-state index contributed by atoms with van der Waals surface area (Å²) in [5, 5.41) is 29.1. The van der Waals surface area contributed by atoms with Gasteiger partial charge < -0.3 is 24.8 Å². The quantitative estimate of drug-likeness (QED) is 0.672. The van der Waals surface area contributed by atoms with E-state index >= 15 is 0 Å². The van der Waals surface area contributed by atoms with Gasteiger partial charge in [0.1, 0.15) is 24.6 Å². The van der Waals surface area contributed by atoms with E-state index in [2.05, 4.69) is 15.0 Å². The molecule has 0 saturated carbocycles. The molecule has 9 heteroatoms. The molecular formula is C13H18N4O5. The minimum absolute atomic E-state index is 0.0721. The molecule has 0 spiro atoms. The number of aromatic nitrogens is 4. The maximum atomic E-state index is 10.1. The van der Waals surface area contributed by atoms with Gasteiger partial charge in [-0.1, -0.05) is 0 Å². The minimum atomic E-state index is -1.20. The number of aliphatic hydroxyl groups is 3. The molecule has 0 bridgehead atoms. The van der Waals surface area contributed by atoms with E-state index in [4.69, 9.17) is 14.6 Å². The topological polar surface area (TPSA) is 123 Å². The van der Waals surface area contributed by atoms with Gasteiger partial charge in [-0.15, -0.1) is 0 Å². The van der Waals surface area contributed by atoms with Crippen molar-refractivity contribution >= 4 is 11.2 Å². The highest BCUT2D eigenvalue weighted by atomic mass is 16.6. The molecule has 1 saturated heterocycles. The fourth-order valence-corrected chi connectivity index (χ4v) is 2.44. The van der Waals surface area contributed by atoms with Crippen LogP contribution in [0.1, 0.15) is 20.1 Å². The van der Waals surface area contributed by atoms with Crippen LogP contribution in [0.4, 0.5) is 0 Å². The smallest absolute Gasteiger partial charge is 0.245 e. The molecule has 0 aromatic carbocycles. The van der Waals surface area contributed by atoms with Gasteiger partial charge in [0.15, 0.2) is 17.4 Å². The Labute approximate surface area is 126 Å². The zero-order chi connectivity index (χ0) is 15.9. The second-order valence-corrected chi connectivity index (χ2v) is 5.40. The Balaban J connectivity index is 1.99. The van der Waals surface area contributed by atoms with Crippen molar-refractivity contribution in [3.05, 3.63) is 12.7 Å². The van der Waals surface area contributed by atoms with Crippen molar-refractivity contribution < 1.29 is 24.8 Å². The van der Waals surface area contributed by atoms with Gasteiger partial charge in [0, 0.05) is 0 Å². The highest BCUT2D eigenvalue weighted by molar-refractivity contribution is 5.76. The van der Waals surface area contributed by atoms with E-state index in [0.717, 1.165) is 0 Å². The van der Waals surface area contributed by atoms with Crippen molar-refractivity contribution in [2.24, 2.45) is 0 Å². The molecule has 4 atom stereocenters. The van der Waals surface area contributed by atoms with Gasteiger partial charge in [0.2, 0.25) is 5.88 Å². The number of hydrogen-bond donors (Lipinski definition) is 3. The summed E-state index contributed by atoms with van der Waals surface area (Å²) in [6, 6.07) is 0. The first-order valence-electron chi connectivity index (χ1n) is 6.99. The van der Waals surface area contributed by atoms with Gasteiger partial charge in [0.05, 0.1) is 19.0 Å². The monoisotopic (exact) mass is 310 g/mol. The van der Waals surface area contributed by atoms with Crippen LogP contribution in [0.2, 0.25) is 0 Å². The summed E-state index contributed by atoms with van der Waals surface area (Å²) in [7, 11) is 0. The Hall–Kier alpha value is -1.81. The van der Waals surface area contributed by atoms with Crippen molar-refractivity contribution in [1.29, 1.82) is 0 Å². The third-order valence-electron chi connectivity index (χ3n) is 3.46. The van der Waals surface area contributed by atoms with Crippen LogP contribution in [0.25, 0.3) is 11.2 Å². The molecule has 0 unspecified atom stereocenters. The molecule has 3 rings (SSSR count). The Kier molecular flexibility index (Phi) is 3.96. The summed E-state index contributed by atoms with van der Waals surface area (Å²) in [4.78, 5) is 12.4. The SMILES string of the molecule is CC(C)Oc1ncnc2c1ncn2[C@@H]1O[C@H](CO)[C@@H](O)[C@H]1O. The van der Waals surface area contributed by atoms with E-state index in [-0.39, 0.29) is 6.10 Å². The maximum absolute atomic E-state index is 10.1. The Morgan fingerprint density at radius 3 is 2.68 bits per heavy atom. The van der Waals surface area contributed by atoms with Crippen LogP contribution in [-0.2, 0) is 4.74 Å². The summed E-state index contributed by atoms with van der Waals surface area (Å²) in [5.74, 6) is 0.338. The van der Waals surface area contributed by atoms with Gasteiger partial charge in [0.25, 0.3) is 0 Å². The summed E-state index contributed by atoms with van der Waals surface area (Å²) < 4.78 is 12.5. The van der Waals surface area contributed by atoms with E-state index in [1.165, 1.54) is 17.2 Å². The van der Waals surface area contributed by atoms with Crippen LogP contribution < -0.4 is 4.74 Å². The largest absolute Gasteiger partial charge is 0.473 e. The van der Waals surface area contributed by atoms with Crippen LogP contribution in [0, 0.1) is 0 Å². The first-order valence-corrected chi connectivity index (χ1v) is 6.99. The number of imidazole rings is 1. The molecule has 22 heavy (non-hydrogen) atoms. The van der Waals surface area contributed by atoms with Crippen LogP contribution in [0.5, 0.6) is 5.88 Å². The van der Waals surface area contributed by atoms with Crippen molar-refractivity contribution in [3.8, 4) is 5.88 Å². The summed E-state index contributed by atoms with van der Waals surface area (Å²) in [6.45, 7) is 3.35. The number of fused-ring (bicyclic) bond motifs is 1. The highest BCUT2D eigenvalue weighted by Crippen LogP contribution is 2.32. The first kappa shape index (κ1) is 15.1. The normalized spacial score (nSPS) is 28.6. The lowest BCUT2D eigenvalue weighted by Crippen LogP contribution is -2.33. The van der Waals surface area contributed by atoms with Crippen LogP contribution >= 0.6 is 0 Å². The van der Waals surface area contributed by atoms with Gasteiger partial charge in [-0.3, -0.25) is 4.57 Å². The number of ether oxygens (including phenoxy) is 2. The molecule has 3 N–H and O–H groups in total. The van der Waals surface area contributed by atoms with Crippen LogP contribution in [-0.4, -0.2) is 65.9 Å². The number of nitrogens with zero attached hydrogens (tertiary/aromatic N) is 4. The predicted molar refractivity (Wildman–Crippen MR) is 74.1 cm³/mol. The number of rotatable bonds is 4. The van der Waals surface area contributed by atoms with Gasteiger partial charge in [-0.25, -0.2) is 9.97 Å². The predicted octanol–water partition coefficient (Wildman–Crippen LogP) is -0.775. The first-order chi connectivity index (χ1) is 10.5. The second-order valence-electron chi connectivity index (χ2n) is 5.40.